The van der Waals surface area contributed by atoms with Gasteiger partial charge in [-0.1, -0.05) is 6.92 Å². The molecule has 6 heteroatoms. The zero-order valence-electron chi connectivity index (χ0n) is 11.1. The third kappa shape index (κ3) is 3.05. The second kappa shape index (κ2) is 5.71. The van der Waals surface area contributed by atoms with Crippen molar-refractivity contribution in [3.05, 3.63) is 29.3 Å². The number of anilines is 1. The highest BCUT2D eigenvalue weighted by molar-refractivity contribution is 5.55. The van der Waals surface area contributed by atoms with Crippen molar-refractivity contribution in [2.75, 3.05) is 24.6 Å². The van der Waals surface area contributed by atoms with Gasteiger partial charge in [-0.25, -0.2) is 0 Å². The van der Waals surface area contributed by atoms with E-state index in [-0.39, 0.29) is 11.7 Å². The van der Waals surface area contributed by atoms with Gasteiger partial charge in [0.15, 0.2) is 0 Å². The van der Waals surface area contributed by atoms with E-state index >= 15 is 0 Å². The Morgan fingerprint density at radius 3 is 2.80 bits per heavy atom. The van der Waals surface area contributed by atoms with E-state index in [0.29, 0.717) is 25.4 Å². The average molecular weight is 284 g/mol. The Bertz CT molecular complexity index is 522. The molecular weight excluding hydrogens is 269 g/mol. The van der Waals surface area contributed by atoms with E-state index in [1.54, 1.807) is 6.07 Å². The quantitative estimate of drug-likeness (QED) is 0.836. The van der Waals surface area contributed by atoms with Crippen molar-refractivity contribution in [2.45, 2.75) is 25.6 Å². The highest BCUT2D eigenvalue weighted by atomic mass is 19.4. The molecule has 108 valence electrons. The fourth-order valence-electron chi connectivity index (χ4n) is 2.27. The van der Waals surface area contributed by atoms with Crippen LogP contribution in [-0.4, -0.2) is 25.8 Å². The lowest BCUT2D eigenvalue weighted by molar-refractivity contribution is -0.137. The Balaban J connectivity index is 2.28. The Kier molecular flexibility index (Phi) is 4.19. The van der Waals surface area contributed by atoms with Crippen molar-refractivity contribution < 1.29 is 17.9 Å². The molecule has 0 spiro atoms. The van der Waals surface area contributed by atoms with E-state index in [1.165, 1.54) is 12.1 Å². The van der Waals surface area contributed by atoms with Crippen LogP contribution in [0.15, 0.2) is 18.2 Å². The maximum atomic E-state index is 12.7. The van der Waals surface area contributed by atoms with Crippen LogP contribution in [0.5, 0.6) is 0 Å². The van der Waals surface area contributed by atoms with Gasteiger partial charge in [-0.05, 0) is 24.6 Å². The number of benzene rings is 1. The molecule has 20 heavy (non-hydrogen) atoms. The lowest BCUT2D eigenvalue weighted by atomic mass is 10.1. The van der Waals surface area contributed by atoms with Gasteiger partial charge in [0, 0.05) is 18.8 Å². The molecule has 0 aliphatic carbocycles. The molecular formula is C14H15F3N2O. The first-order chi connectivity index (χ1) is 9.45. The molecule has 1 aromatic carbocycles. The molecule has 2 rings (SSSR count). The maximum absolute atomic E-state index is 12.7. The Morgan fingerprint density at radius 1 is 1.45 bits per heavy atom. The summed E-state index contributed by atoms with van der Waals surface area (Å²) in [6.45, 7) is 3.79. The number of nitriles is 1. The molecule has 1 aliphatic rings. The van der Waals surface area contributed by atoms with Crippen molar-refractivity contribution in [1.82, 2.24) is 0 Å². The van der Waals surface area contributed by atoms with E-state index in [1.807, 2.05) is 11.8 Å². The number of hydrogen-bond donors (Lipinski definition) is 0. The first kappa shape index (κ1) is 14.7. The summed E-state index contributed by atoms with van der Waals surface area (Å²) in [7, 11) is 0. The molecule has 1 atom stereocenters. The molecule has 1 fully saturated rings. The number of morpholine rings is 1. The zero-order valence-corrected chi connectivity index (χ0v) is 11.1. The molecule has 0 amide bonds. The summed E-state index contributed by atoms with van der Waals surface area (Å²) >= 11 is 0. The SMILES string of the molecule is CCC1CN(c2ccc(C(F)(F)F)c(C#N)c2)CCO1. The fraction of sp³-hybridized carbons (Fsp3) is 0.500. The topological polar surface area (TPSA) is 36.3 Å². The Labute approximate surface area is 115 Å². The summed E-state index contributed by atoms with van der Waals surface area (Å²) in [5, 5.41) is 8.91. The number of rotatable bonds is 2. The molecule has 0 radical (unpaired) electrons. The number of ether oxygens (including phenoxy) is 1. The molecule has 1 unspecified atom stereocenters. The van der Waals surface area contributed by atoms with E-state index < -0.39 is 11.7 Å². The molecule has 1 aliphatic heterocycles. The second-order valence-corrected chi connectivity index (χ2v) is 4.69. The highest BCUT2D eigenvalue weighted by Crippen LogP contribution is 2.34. The predicted molar refractivity (Wildman–Crippen MR) is 68.4 cm³/mol. The molecule has 0 N–H and O–H groups in total. The second-order valence-electron chi connectivity index (χ2n) is 4.69. The maximum Gasteiger partial charge on any atom is 0.417 e. The molecule has 1 saturated heterocycles. The minimum Gasteiger partial charge on any atom is -0.375 e. The lowest BCUT2D eigenvalue weighted by Crippen LogP contribution is -2.42. The van der Waals surface area contributed by atoms with Crippen LogP contribution in [0.2, 0.25) is 0 Å². The van der Waals surface area contributed by atoms with Crippen molar-refractivity contribution in [2.24, 2.45) is 0 Å². The average Bonchev–Trinajstić information content (AvgIpc) is 2.45. The normalized spacial score (nSPS) is 19.8. The minimum absolute atomic E-state index is 0.0802. The van der Waals surface area contributed by atoms with E-state index in [4.69, 9.17) is 10.00 Å². The summed E-state index contributed by atoms with van der Waals surface area (Å²) < 4.78 is 43.8. The smallest absolute Gasteiger partial charge is 0.375 e. The van der Waals surface area contributed by atoms with Crippen LogP contribution >= 0.6 is 0 Å². The van der Waals surface area contributed by atoms with Crippen molar-refractivity contribution in [3.8, 4) is 6.07 Å². The van der Waals surface area contributed by atoms with Gasteiger partial charge in [0.2, 0.25) is 0 Å². The van der Waals surface area contributed by atoms with Crippen molar-refractivity contribution >= 4 is 5.69 Å². The van der Waals surface area contributed by atoms with E-state index in [2.05, 4.69) is 0 Å². The van der Waals surface area contributed by atoms with Crippen molar-refractivity contribution in [3.63, 3.8) is 0 Å². The van der Waals surface area contributed by atoms with E-state index in [9.17, 15) is 13.2 Å². The van der Waals surface area contributed by atoms with Crippen LogP contribution in [0.3, 0.4) is 0 Å². The van der Waals surface area contributed by atoms with Gasteiger partial charge >= 0.3 is 6.18 Å². The van der Waals surface area contributed by atoms with Gasteiger partial charge in [-0.3, -0.25) is 0 Å². The van der Waals surface area contributed by atoms with Gasteiger partial charge in [-0.15, -0.1) is 0 Å². The van der Waals surface area contributed by atoms with Crippen LogP contribution in [0.25, 0.3) is 0 Å². The standard InChI is InChI=1S/C14H15F3N2O/c1-2-12-9-19(5-6-20-12)11-3-4-13(14(15,16)17)10(7-11)8-18/h3-4,7,12H,2,5-6,9H2,1H3. The molecule has 1 heterocycles. The van der Waals surface area contributed by atoms with Crippen LogP contribution in [0.1, 0.15) is 24.5 Å². The number of alkyl halides is 3. The number of halogens is 3. The molecule has 3 nitrogen and oxygen atoms in total. The van der Waals surface area contributed by atoms with Crippen LogP contribution in [-0.2, 0) is 10.9 Å². The van der Waals surface area contributed by atoms with Gasteiger partial charge in [0.05, 0.1) is 29.9 Å². The summed E-state index contributed by atoms with van der Waals surface area (Å²) in [5.74, 6) is 0. The predicted octanol–water partition coefficient (Wildman–Crippen LogP) is 3.19. The molecule has 0 bridgehead atoms. The summed E-state index contributed by atoms with van der Waals surface area (Å²) in [6, 6.07) is 5.33. The number of hydrogen-bond acceptors (Lipinski definition) is 3. The number of nitrogens with zero attached hydrogens (tertiary/aromatic N) is 2. The molecule has 0 saturated carbocycles. The van der Waals surface area contributed by atoms with Crippen LogP contribution in [0, 0.1) is 11.3 Å². The zero-order chi connectivity index (χ0) is 14.8. The summed E-state index contributed by atoms with van der Waals surface area (Å²) in [5.41, 5.74) is -0.588. The Hall–Kier alpha value is -1.74. The van der Waals surface area contributed by atoms with Crippen LogP contribution < -0.4 is 4.90 Å². The minimum atomic E-state index is -4.50. The first-order valence-corrected chi connectivity index (χ1v) is 6.43. The monoisotopic (exact) mass is 284 g/mol. The third-order valence-corrected chi connectivity index (χ3v) is 3.39. The van der Waals surface area contributed by atoms with E-state index in [0.717, 1.165) is 12.5 Å². The van der Waals surface area contributed by atoms with Crippen molar-refractivity contribution in [1.29, 1.82) is 5.26 Å². The molecule has 0 aromatic heterocycles. The Morgan fingerprint density at radius 2 is 2.20 bits per heavy atom. The first-order valence-electron chi connectivity index (χ1n) is 6.43. The van der Waals surface area contributed by atoms with Gasteiger partial charge in [0.25, 0.3) is 0 Å². The van der Waals surface area contributed by atoms with Crippen LogP contribution in [0.4, 0.5) is 18.9 Å². The van der Waals surface area contributed by atoms with Gasteiger partial charge in [0.1, 0.15) is 0 Å². The van der Waals surface area contributed by atoms with Gasteiger partial charge in [-0.2, -0.15) is 18.4 Å². The fourth-order valence-corrected chi connectivity index (χ4v) is 2.27. The molecule has 1 aromatic rings. The highest BCUT2D eigenvalue weighted by Gasteiger charge is 2.34. The lowest BCUT2D eigenvalue weighted by Gasteiger charge is -2.34. The largest absolute Gasteiger partial charge is 0.417 e. The third-order valence-electron chi connectivity index (χ3n) is 3.39. The van der Waals surface area contributed by atoms with Gasteiger partial charge < -0.3 is 9.64 Å². The summed E-state index contributed by atoms with van der Waals surface area (Å²) in [4.78, 5) is 1.96. The summed E-state index contributed by atoms with van der Waals surface area (Å²) in [6.07, 6.45) is -3.57.